The van der Waals surface area contributed by atoms with E-state index in [0.29, 0.717) is 0 Å². The molecule has 302 valence electrons. The number of nitrogens with zero attached hydrogens (tertiary/aromatic N) is 3. The lowest BCUT2D eigenvalue weighted by Crippen LogP contribution is -2.10. The lowest BCUT2D eigenvalue weighted by molar-refractivity contribution is 0.590. The first-order valence-electron chi connectivity index (χ1n) is 21.7. The molecule has 0 unspecified atom stereocenters. The SMILES string of the molecule is CC(C)(C)c1ccc(-c2cc(-c3ccc(C(C)(C)C)cc3)n(-c3ccc(-c4ccccc4-c4ccccc4-c4ccc5c(c4)c4ccccc4n5-c4ccccc4)cc3)n2)cc1. The van der Waals surface area contributed by atoms with E-state index in [1.165, 1.54) is 60.8 Å². The Kier molecular flexibility index (Phi) is 9.64. The maximum absolute atomic E-state index is 5.28. The van der Waals surface area contributed by atoms with Crippen LogP contribution in [0.1, 0.15) is 52.7 Å². The summed E-state index contributed by atoms with van der Waals surface area (Å²) in [7, 11) is 0. The van der Waals surface area contributed by atoms with Gasteiger partial charge in [0.25, 0.3) is 0 Å². The Balaban J connectivity index is 1.04. The average molecular weight is 802 g/mol. The van der Waals surface area contributed by atoms with Crippen LogP contribution in [0.2, 0.25) is 0 Å². The Labute approximate surface area is 365 Å². The minimum absolute atomic E-state index is 0.0726. The summed E-state index contributed by atoms with van der Waals surface area (Å²) in [6, 6.07) is 72.9. The van der Waals surface area contributed by atoms with Crippen LogP contribution < -0.4 is 0 Å². The lowest BCUT2D eigenvalue weighted by Gasteiger charge is -2.19. The van der Waals surface area contributed by atoms with Crippen molar-refractivity contribution < 1.29 is 0 Å². The average Bonchev–Trinajstić information content (AvgIpc) is 3.89. The third-order valence-electron chi connectivity index (χ3n) is 12.4. The van der Waals surface area contributed by atoms with E-state index >= 15 is 0 Å². The van der Waals surface area contributed by atoms with Crippen LogP contribution >= 0.6 is 0 Å². The molecule has 0 saturated carbocycles. The molecule has 0 fully saturated rings. The summed E-state index contributed by atoms with van der Waals surface area (Å²) in [5.74, 6) is 0. The molecule has 10 aromatic rings. The summed E-state index contributed by atoms with van der Waals surface area (Å²) in [6.45, 7) is 13.5. The summed E-state index contributed by atoms with van der Waals surface area (Å²) < 4.78 is 4.48. The van der Waals surface area contributed by atoms with Gasteiger partial charge < -0.3 is 4.57 Å². The fourth-order valence-corrected chi connectivity index (χ4v) is 8.92. The van der Waals surface area contributed by atoms with E-state index in [2.05, 4.69) is 251 Å². The van der Waals surface area contributed by atoms with Gasteiger partial charge in [-0.1, -0.05) is 193 Å². The monoisotopic (exact) mass is 801 g/mol. The molecule has 0 N–H and O–H groups in total. The Morgan fingerprint density at radius 2 is 0.839 bits per heavy atom. The molecule has 0 atom stereocenters. The Hall–Kier alpha value is -7.23. The van der Waals surface area contributed by atoms with Gasteiger partial charge in [-0.2, -0.15) is 5.10 Å². The second kappa shape index (κ2) is 15.3. The highest BCUT2D eigenvalue weighted by Crippen LogP contribution is 2.41. The fraction of sp³-hybridized carbons (Fsp3) is 0.136. The molecule has 62 heavy (non-hydrogen) atoms. The van der Waals surface area contributed by atoms with Crippen LogP contribution in [0.25, 0.3) is 89.1 Å². The van der Waals surface area contributed by atoms with Crippen molar-refractivity contribution in [2.24, 2.45) is 0 Å². The van der Waals surface area contributed by atoms with Gasteiger partial charge in [0.2, 0.25) is 0 Å². The molecule has 0 aliphatic rings. The largest absolute Gasteiger partial charge is 0.309 e. The van der Waals surface area contributed by atoms with E-state index in [4.69, 9.17) is 5.10 Å². The van der Waals surface area contributed by atoms with Crippen LogP contribution in [0.5, 0.6) is 0 Å². The van der Waals surface area contributed by atoms with Crippen LogP contribution in [-0.2, 0) is 10.8 Å². The first-order chi connectivity index (χ1) is 30.0. The maximum atomic E-state index is 5.28. The van der Waals surface area contributed by atoms with Crippen LogP contribution in [0.4, 0.5) is 0 Å². The van der Waals surface area contributed by atoms with Crippen molar-refractivity contribution in [2.45, 2.75) is 52.4 Å². The smallest absolute Gasteiger partial charge is 0.0934 e. The molecule has 0 aliphatic heterocycles. The van der Waals surface area contributed by atoms with E-state index in [0.717, 1.165) is 39.5 Å². The normalized spacial score (nSPS) is 12.0. The molecule has 10 rings (SSSR count). The summed E-state index contributed by atoms with van der Waals surface area (Å²) in [5, 5.41) is 7.77. The first-order valence-corrected chi connectivity index (χ1v) is 21.7. The second-order valence-corrected chi connectivity index (χ2v) is 18.5. The molecule has 0 aliphatic carbocycles. The molecule has 2 aromatic heterocycles. The van der Waals surface area contributed by atoms with E-state index < -0.39 is 0 Å². The molecule has 0 bridgehead atoms. The highest BCUT2D eigenvalue weighted by molar-refractivity contribution is 6.11. The third-order valence-corrected chi connectivity index (χ3v) is 12.4. The van der Waals surface area contributed by atoms with E-state index in [1.807, 2.05) is 0 Å². The molecule has 0 spiro atoms. The van der Waals surface area contributed by atoms with E-state index in [9.17, 15) is 0 Å². The Morgan fingerprint density at radius 3 is 1.45 bits per heavy atom. The highest BCUT2D eigenvalue weighted by Gasteiger charge is 2.20. The predicted octanol–water partition coefficient (Wildman–Crippen LogP) is 15.9. The second-order valence-electron chi connectivity index (χ2n) is 18.5. The van der Waals surface area contributed by atoms with Crippen LogP contribution in [0, 0.1) is 0 Å². The van der Waals surface area contributed by atoms with Gasteiger partial charge in [-0.05, 0) is 104 Å². The summed E-state index contributed by atoms with van der Waals surface area (Å²) in [4.78, 5) is 0. The van der Waals surface area contributed by atoms with E-state index in [1.54, 1.807) is 0 Å². The van der Waals surface area contributed by atoms with Gasteiger partial charge in [0.05, 0.1) is 28.1 Å². The van der Waals surface area contributed by atoms with Gasteiger partial charge >= 0.3 is 0 Å². The molecule has 0 amide bonds. The van der Waals surface area contributed by atoms with Gasteiger partial charge in [0, 0.05) is 27.6 Å². The molecular weight excluding hydrogens is 751 g/mol. The predicted molar refractivity (Wildman–Crippen MR) is 262 cm³/mol. The molecule has 0 saturated heterocycles. The van der Waals surface area contributed by atoms with Gasteiger partial charge in [0.15, 0.2) is 0 Å². The fourth-order valence-electron chi connectivity index (χ4n) is 8.92. The van der Waals surface area contributed by atoms with Crippen molar-refractivity contribution in [3.63, 3.8) is 0 Å². The highest BCUT2D eigenvalue weighted by atomic mass is 15.3. The topological polar surface area (TPSA) is 22.8 Å². The number of hydrogen-bond donors (Lipinski definition) is 0. The minimum Gasteiger partial charge on any atom is -0.309 e. The number of aromatic nitrogens is 3. The summed E-state index contributed by atoms with van der Waals surface area (Å²) in [5.41, 5.74) is 18.8. The zero-order valence-electron chi connectivity index (χ0n) is 36.4. The molecule has 8 aromatic carbocycles. The summed E-state index contributed by atoms with van der Waals surface area (Å²) >= 11 is 0. The standard InChI is InChI=1S/C59H51N3/c1-58(2,3)44-31-24-41(25-32-44)54-39-57(42-26-33-45(34-27-42)59(4,5)6)62(60-54)47-35-28-40(29-36-47)48-18-10-12-20-50(48)51-21-13-11-19-49(51)43-30-37-56-53(38-43)52-22-14-15-23-55(52)61(56)46-16-8-7-9-17-46/h7-39H,1-6H3. The minimum atomic E-state index is 0.0726. The zero-order chi connectivity index (χ0) is 42.6. The van der Waals surface area contributed by atoms with Gasteiger partial charge in [0.1, 0.15) is 0 Å². The van der Waals surface area contributed by atoms with Crippen molar-refractivity contribution in [1.29, 1.82) is 0 Å². The number of fused-ring (bicyclic) bond motifs is 3. The van der Waals surface area contributed by atoms with Crippen LogP contribution in [-0.4, -0.2) is 14.3 Å². The molecule has 3 nitrogen and oxygen atoms in total. The number of hydrogen-bond acceptors (Lipinski definition) is 1. The third kappa shape index (κ3) is 7.14. The van der Waals surface area contributed by atoms with Crippen LogP contribution in [0.15, 0.2) is 200 Å². The molecule has 2 heterocycles. The quantitative estimate of drug-likeness (QED) is 0.157. The van der Waals surface area contributed by atoms with Gasteiger partial charge in [-0.3, -0.25) is 0 Å². The zero-order valence-corrected chi connectivity index (χ0v) is 36.4. The van der Waals surface area contributed by atoms with Gasteiger partial charge in [-0.25, -0.2) is 4.68 Å². The van der Waals surface area contributed by atoms with E-state index in [-0.39, 0.29) is 10.8 Å². The molecular formula is C59H51N3. The van der Waals surface area contributed by atoms with Crippen molar-refractivity contribution in [2.75, 3.05) is 0 Å². The van der Waals surface area contributed by atoms with Crippen LogP contribution in [0.3, 0.4) is 0 Å². The summed E-state index contributed by atoms with van der Waals surface area (Å²) in [6.07, 6.45) is 0. The number of rotatable bonds is 7. The Bertz CT molecular complexity index is 3200. The maximum Gasteiger partial charge on any atom is 0.0934 e. The number of benzene rings is 8. The Morgan fingerprint density at radius 1 is 0.355 bits per heavy atom. The molecule has 0 radical (unpaired) electrons. The van der Waals surface area contributed by atoms with Crippen molar-refractivity contribution in [1.82, 2.24) is 14.3 Å². The van der Waals surface area contributed by atoms with Gasteiger partial charge in [-0.15, -0.1) is 0 Å². The van der Waals surface area contributed by atoms with Crippen molar-refractivity contribution in [3.05, 3.63) is 211 Å². The van der Waals surface area contributed by atoms with Crippen molar-refractivity contribution >= 4 is 21.8 Å². The molecule has 3 heteroatoms. The van der Waals surface area contributed by atoms with Crippen molar-refractivity contribution in [3.8, 4) is 67.3 Å². The first kappa shape index (κ1) is 38.9. The lowest BCUT2D eigenvalue weighted by atomic mass is 9.86. The number of para-hydroxylation sites is 2.